The van der Waals surface area contributed by atoms with E-state index in [9.17, 15) is 4.79 Å². The molecule has 1 aromatic heterocycles. The Morgan fingerprint density at radius 2 is 1.90 bits per heavy atom. The summed E-state index contributed by atoms with van der Waals surface area (Å²) >= 11 is 5.88. The van der Waals surface area contributed by atoms with E-state index in [1.807, 2.05) is 37.3 Å². The average molecular weight is 300 g/mol. The predicted octanol–water partition coefficient (Wildman–Crippen LogP) is 4.84. The highest BCUT2D eigenvalue weighted by atomic mass is 35.5. The zero-order valence-electron chi connectivity index (χ0n) is 11.8. The second kappa shape index (κ2) is 5.34. The Balaban J connectivity index is 2.04. The largest absolute Gasteiger partial charge is 0.436 e. The Kier molecular flexibility index (Phi) is 3.52. The second-order valence-electron chi connectivity index (χ2n) is 5.09. The first kappa shape index (κ1) is 13.8. The van der Waals surface area contributed by atoms with Crippen molar-refractivity contribution < 1.29 is 9.21 Å². The van der Waals surface area contributed by atoms with Crippen molar-refractivity contribution >= 4 is 28.5 Å². The molecule has 0 aliphatic carbocycles. The number of hydrogen-bond acceptors (Lipinski definition) is 3. The van der Waals surface area contributed by atoms with Gasteiger partial charge in [-0.1, -0.05) is 24.6 Å². The number of nitrogens with zero attached hydrogens (tertiary/aromatic N) is 1. The first-order valence-corrected chi connectivity index (χ1v) is 7.09. The van der Waals surface area contributed by atoms with E-state index in [0.29, 0.717) is 16.5 Å². The molecule has 0 amide bonds. The van der Waals surface area contributed by atoms with Gasteiger partial charge in [-0.25, -0.2) is 4.98 Å². The van der Waals surface area contributed by atoms with Crippen LogP contribution in [0.2, 0.25) is 5.02 Å². The molecule has 0 saturated carbocycles. The highest BCUT2D eigenvalue weighted by Gasteiger charge is 2.14. The molecule has 106 valence electrons. The number of ketones is 1. The molecule has 3 aromatic rings. The quantitative estimate of drug-likeness (QED) is 0.695. The normalized spacial score (nSPS) is 12.5. The molecule has 2 aromatic carbocycles. The van der Waals surface area contributed by atoms with Crippen molar-refractivity contribution in [3.8, 4) is 11.5 Å². The van der Waals surface area contributed by atoms with Crippen LogP contribution in [0, 0.1) is 0 Å². The summed E-state index contributed by atoms with van der Waals surface area (Å²) < 4.78 is 5.75. The van der Waals surface area contributed by atoms with Crippen molar-refractivity contribution in [3.05, 3.63) is 53.1 Å². The van der Waals surface area contributed by atoms with Crippen molar-refractivity contribution in [1.82, 2.24) is 4.98 Å². The van der Waals surface area contributed by atoms with Gasteiger partial charge in [-0.2, -0.15) is 0 Å². The minimum atomic E-state index is -0.134. The molecule has 4 heteroatoms. The molecular weight excluding hydrogens is 286 g/mol. The number of aromatic nitrogens is 1. The van der Waals surface area contributed by atoms with Crippen LogP contribution in [0.3, 0.4) is 0 Å². The van der Waals surface area contributed by atoms with Crippen molar-refractivity contribution in [3.63, 3.8) is 0 Å². The van der Waals surface area contributed by atoms with Gasteiger partial charge < -0.3 is 4.42 Å². The molecule has 0 aliphatic rings. The number of rotatable bonds is 3. The van der Waals surface area contributed by atoms with Gasteiger partial charge >= 0.3 is 0 Å². The summed E-state index contributed by atoms with van der Waals surface area (Å²) in [5, 5.41) is 0.674. The van der Waals surface area contributed by atoms with E-state index in [1.54, 1.807) is 19.1 Å². The fourth-order valence-corrected chi connectivity index (χ4v) is 2.29. The molecule has 0 bridgehead atoms. The maximum atomic E-state index is 11.5. The van der Waals surface area contributed by atoms with Crippen LogP contribution in [-0.2, 0) is 4.79 Å². The van der Waals surface area contributed by atoms with Gasteiger partial charge in [0.1, 0.15) is 11.3 Å². The first-order valence-electron chi connectivity index (χ1n) is 6.71. The van der Waals surface area contributed by atoms with E-state index in [-0.39, 0.29) is 11.7 Å². The second-order valence-corrected chi connectivity index (χ2v) is 5.52. The number of fused-ring (bicyclic) bond motifs is 1. The molecule has 0 spiro atoms. The molecule has 0 radical (unpaired) electrons. The van der Waals surface area contributed by atoms with E-state index in [2.05, 4.69) is 4.98 Å². The predicted molar refractivity (Wildman–Crippen MR) is 83.6 cm³/mol. The lowest BCUT2D eigenvalue weighted by Crippen LogP contribution is -2.03. The first-order chi connectivity index (χ1) is 10.0. The maximum Gasteiger partial charge on any atom is 0.227 e. The highest BCUT2D eigenvalue weighted by molar-refractivity contribution is 6.30. The fourth-order valence-electron chi connectivity index (χ4n) is 2.16. The topological polar surface area (TPSA) is 43.1 Å². The minimum Gasteiger partial charge on any atom is -0.436 e. The van der Waals surface area contributed by atoms with E-state index in [0.717, 1.165) is 16.6 Å². The van der Waals surface area contributed by atoms with Crippen LogP contribution in [0.4, 0.5) is 0 Å². The number of halogens is 1. The Labute approximate surface area is 127 Å². The van der Waals surface area contributed by atoms with Gasteiger partial charge in [0.15, 0.2) is 5.58 Å². The van der Waals surface area contributed by atoms with Gasteiger partial charge in [0.25, 0.3) is 0 Å². The van der Waals surface area contributed by atoms with Crippen molar-refractivity contribution in [2.24, 2.45) is 0 Å². The van der Waals surface area contributed by atoms with Gasteiger partial charge in [-0.05, 0) is 48.9 Å². The third-order valence-corrected chi connectivity index (χ3v) is 3.86. The van der Waals surface area contributed by atoms with Gasteiger partial charge in [0.2, 0.25) is 5.89 Å². The number of carbonyl (C=O) groups is 1. The number of oxazole rings is 1. The molecule has 0 saturated heterocycles. The van der Waals surface area contributed by atoms with Crippen LogP contribution >= 0.6 is 11.6 Å². The van der Waals surface area contributed by atoms with E-state index in [1.165, 1.54) is 0 Å². The van der Waals surface area contributed by atoms with Crippen molar-refractivity contribution in [2.75, 3.05) is 0 Å². The zero-order valence-corrected chi connectivity index (χ0v) is 12.5. The highest BCUT2D eigenvalue weighted by Crippen LogP contribution is 2.27. The summed E-state index contributed by atoms with van der Waals surface area (Å²) in [6.07, 6.45) is 0. The van der Waals surface area contributed by atoms with Crippen molar-refractivity contribution in [1.29, 1.82) is 0 Å². The van der Waals surface area contributed by atoms with Crippen LogP contribution in [0.25, 0.3) is 22.6 Å². The SMILES string of the molecule is CC(=O)C(C)c1ccc2oc(-c3ccc(Cl)cc3)nc2c1. The molecule has 0 fully saturated rings. The summed E-state index contributed by atoms with van der Waals surface area (Å²) in [6, 6.07) is 13.0. The molecule has 3 rings (SSSR count). The lowest BCUT2D eigenvalue weighted by Gasteiger charge is -2.06. The van der Waals surface area contributed by atoms with Crippen LogP contribution in [0.5, 0.6) is 0 Å². The van der Waals surface area contributed by atoms with Gasteiger partial charge in [-0.3, -0.25) is 4.79 Å². The van der Waals surface area contributed by atoms with Crippen molar-refractivity contribution in [2.45, 2.75) is 19.8 Å². The van der Waals surface area contributed by atoms with E-state index < -0.39 is 0 Å². The van der Waals surface area contributed by atoms with Crippen LogP contribution in [0.15, 0.2) is 46.9 Å². The third-order valence-electron chi connectivity index (χ3n) is 3.61. The minimum absolute atomic E-state index is 0.134. The van der Waals surface area contributed by atoms with Crippen LogP contribution in [0.1, 0.15) is 25.3 Å². The molecule has 21 heavy (non-hydrogen) atoms. The standard InChI is InChI=1S/C17H14ClNO2/c1-10(11(2)20)13-5-8-16-15(9-13)19-17(21-16)12-3-6-14(18)7-4-12/h3-10H,1-2H3. The molecule has 1 atom stereocenters. The van der Waals surface area contributed by atoms with Crippen LogP contribution < -0.4 is 0 Å². The Hall–Kier alpha value is -2.13. The van der Waals surface area contributed by atoms with Crippen LogP contribution in [-0.4, -0.2) is 10.8 Å². The summed E-state index contributed by atoms with van der Waals surface area (Å²) in [4.78, 5) is 16.0. The average Bonchev–Trinajstić information content (AvgIpc) is 2.89. The number of hydrogen-bond donors (Lipinski definition) is 0. The molecule has 0 N–H and O–H groups in total. The number of Topliss-reactive ketones (excluding diaryl/α,β-unsaturated/α-hetero) is 1. The summed E-state index contributed by atoms with van der Waals surface area (Å²) in [7, 11) is 0. The zero-order chi connectivity index (χ0) is 15.0. The monoisotopic (exact) mass is 299 g/mol. The van der Waals surface area contributed by atoms with Gasteiger partial charge in [-0.15, -0.1) is 0 Å². The van der Waals surface area contributed by atoms with Gasteiger partial charge in [0, 0.05) is 16.5 Å². The molecule has 1 unspecified atom stereocenters. The van der Waals surface area contributed by atoms with E-state index in [4.69, 9.17) is 16.0 Å². The number of carbonyl (C=O) groups excluding carboxylic acids is 1. The maximum absolute atomic E-state index is 11.5. The summed E-state index contributed by atoms with van der Waals surface area (Å²) in [5.41, 5.74) is 3.28. The smallest absolute Gasteiger partial charge is 0.227 e. The lowest BCUT2D eigenvalue weighted by atomic mass is 9.97. The third kappa shape index (κ3) is 2.69. The fraction of sp³-hybridized carbons (Fsp3) is 0.176. The Bertz CT molecular complexity index is 805. The Morgan fingerprint density at radius 1 is 1.19 bits per heavy atom. The number of benzene rings is 2. The van der Waals surface area contributed by atoms with Gasteiger partial charge in [0.05, 0.1) is 0 Å². The molecular formula is C17H14ClNO2. The molecule has 1 heterocycles. The summed E-state index contributed by atoms with van der Waals surface area (Å²) in [5.74, 6) is 0.551. The lowest BCUT2D eigenvalue weighted by molar-refractivity contribution is -0.118. The molecule has 0 aliphatic heterocycles. The van der Waals surface area contributed by atoms with E-state index >= 15 is 0 Å². The summed E-state index contributed by atoms with van der Waals surface area (Å²) in [6.45, 7) is 3.49. The molecule has 3 nitrogen and oxygen atoms in total. The Morgan fingerprint density at radius 3 is 2.57 bits per heavy atom.